The fraction of sp³-hybridized carbons (Fsp3) is 0.308. The lowest BCUT2D eigenvalue weighted by molar-refractivity contribution is 0.470. The summed E-state index contributed by atoms with van der Waals surface area (Å²) in [7, 11) is -0.857. The number of nitrogens with zero attached hydrogens (tertiary/aromatic N) is 4. The predicted molar refractivity (Wildman–Crippen MR) is 82.4 cm³/mol. The van der Waals surface area contributed by atoms with Crippen LogP contribution in [0.2, 0.25) is 0 Å². The Morgan fingerprint density at radius 1 is 1.52 bits per heavy atom. The number of hydrogen-bond acceptors (Lipinski definition) is 6. The van der Waals surface area contributed by atoms with Crippen molar-refractivity contribution < 1.29 is 4.21 Å². The molecular weight excluding hydrogens is 306 g/mol. The second kappa shape index (κ2) is 6.30. The van der Waals surface area contributed by atoms with Crippen LogP contribution in [0, 0.1) is 11.3 Å². The van der Waals surface area contributed by atoms with E-state index in [4.69, 9.17) is 5.26 Å². The Morgan fingerprint density at radius 3 is 3.14 bits per heavy atom. The van der Waals surface area contributed by atoms with Gasteiger partial charge >= 0.3 is 0 Å². The van der Waals surface area contributed by atoms with E-state index in [1.165, 1.54) is 17.5 Å². The maximum Gasteiger partial charge on any atom is 0.189 e. The van der Waals surface area contributed by atoms with Crippen molar-refractivity contribution in [3.63, 3.8) is 0 Å². The predicted octanol–water partition coefficient (Wildman–Crippen LogP) is 2.02. The highest BCUT2D eigenvalue weighted by Crippen LogP contribution is 2.22. The average Bonchev–Trinajstić information content (AvgIpc) is 3.09. The molecule has 1 atom stereocenters. The normalized spacial score (nSPS) is 18.5. The average molecular weight is 319 g/mol. The summed E-state index contributed by atoms with van der Waals surface area (Å²) >= 11 is 1.28. The Bertz CT molecular complexity index is 709. The lowest BCUT2D eigenvalue weighted by atomic mass is 10.2. The van der Waals surface area contributed by atoms with Crippen molar-refractivity contribution >= 4 is 33.3 Å². The molecule has 21 heavy (non-hydrogen) atoms. The van der Waals surface area contributed by atoms with Crippen molar-refractivity contribution in [3.8, 4) is 6.07 Å². The highest BCUT2D eigenvalue weighted by Gasteiger charge is 2.19. The first-order chi connectivity index (χ1) is 10.2. The number of hydrogen-bond donors (Lipinski definition) is 1. The monoisotopic (exact) mass is 319 g/mol. The third-order valence-electron chi connectivity index (χ3n) is 3.05. The van der Waals surface area contributed by atoms with Gasteiger partial charge in [0.2, 0.25) is 0 Å². The van der Waals surface area contributed by atoms with Crippen LogP contribution in [0.15, 0.2) is 24.5 Å². The molecule has 1 aliphatic rings. The van der Waals surface area contributed by atoms with Gasteiger partial charge in [-0.1, -0.05) is 11.3 Å². The van der Waals surface area contributed by atoms with Crippen LogP contribution in [0.5, 0.6) is 0 Å². The van der Waals surface area contributed by atoms with Gasteiger partial charge in [-0.05, 0) is 24.1 Å². The molecule has 1 N–H and O–H groups in total. The third kappa shape index (κ3) is 3.44. The minimum absolute atomic E-state index is 0.557. The van der Waals surface area contributed by atoms with Crippen molar-refractivity contribution in [1.29, 1.82) is 5.26 Å². The van der Waals surface area contributed by atoms with Crippen LogP contribution >= 0.6 is 11.3 Å². The van der Waals surface area contributed by atoms with Gasteiger partial charge in [0.25, 0.3) is 0 Å². The van der Waals surface area contributed by atoms with Gasteiger partial charge < -0.3 is 5.32 Å². The molecule has 8 heteroatoms. The Labute approximate surface area is 129 Å². The molecule has 0 aliphatic carbocycles. The summed E-state index contributed by atoms with van der Waals surface area (Å²) < 4.78 is 13.7. The van der Waals surface area contributed by atoms with E-state index in [1.54, 1.807) is 6.20 Å². The fourth-order valence-corrected chi connectivity index (χ4v) is 3.96. The van der Waals surface area contributed by atoms with Crippen molar-refractivity contribution in [2.75, 3.05) is 17.6 Å². The van der Waals surface area contributed by atoms with Gasteiger partial charge in [0.05, 0.1) is 17.2 Å². The van der Waals surface area contributed by atoms with Crippen molar-refractivity contribution in [3.05, 3.63) is 35.0 Å². The van der Waals surface area contributed by atoms with Crippen molar-refractivity contribution in [1.82, 2.24) is 14.3 Å². The zero-order chi connectivity index (χ0) is 14.7. The first-order valence-electron chi connectivity index (χ1n) is 6.46. The maximum atomic E-state index is 11.8. The number of thiazole rings is 1. The smallest absolute Gasteiger partial charge is 0.189 e. The van der Waals surface area contributed by atoms with Gasteiger partial charge in [-0.15, -0.1) is 0 Å². The highest BCUT2D eigenvalue weighted by molar-refractivity contribution is 7.82. The quantitative estimate of drug-likeness (QED) is 0.932. The maximum absolute atomic E-state index is 11.8. The van der Waals surface area contributed by atoms with Gasteiger partial charge in [-0.25, -0.2) is 18.5 Å². The van der Waals surface area contributed by atoms with E-state index >= 15 is 0 Å². The molecule has 3 heterocycles. The molecule has 0 radical (unpaired) electrons. The number of nitrogens with one attached hydrogen (secondary N) is 1. The van der Waals surface area contributed by atoms with E-state index in [-0.39, 0.29) is 0 Å². The molecule has 3 rings (SSSR count). The minimum atomic E-state index is -0.857. The van der Waals surface area contributed by atoms with Crippen LogP contribution in [0.4, 0.5) is 10.9 Å². The van der Waals surface area contributed by atoms with E-state index in [0.29, 0.717) is 22.4 Å². The zero-order valence-electron chi connectivity index (χ0n) is 11.2. The van der Waals surface area contributed by atoms with E-state index in [0.717, 1.165) is 24.3 Å². The van der Waals surface area contributed by atoms with Crippen LogP contribution in [-0.2, 0) is 17.5 Å². The van der Waals surface area contributed by atoms with Crippen LogP contribution in [0.3, 0.4) is 0 Å². The largest absolute Gasteiger partial charge is 0.316 e. The minimum Gasteiger partial charge on any atom is -0.316 e. The second-order valence-corrected chi connectivity index (χ2v) is 7.16. The molecule has 6 nitrogen and oxygen atoms in total. The molecular formula is C13H13N5OS2. The van der Waals surface area contributed by atoms with Gasteiger partial charge in [0, 0.05) is 25.0 Å². The van der Waals surface area contributed by atoms with E-state index in [2.05, 4.69) is 21.4 Å². The van der Waals surface area contributed by atoms with E-state index < -0.39 is 11.0 Å². The Morgan fingerprint density at radius 2 is 2.43 bits per heavy atom. The molecule has 0 saturated carbocycles. The number of pyridine rings is 1. The van der Waals surface area contributed by atoms with Gasteiger partial charge in [-0.3, -0.25) is 0 Å². The first kappa shape index (κ1) is 14.1. The van der Waals surface area contributed by atoms with Gasteiger partial charge in [0.1, 0.15) is 16.8 Å². The number of aromatic nitrogens is 2. The molecule has 0 spiro atoms. The second-order valence-electron chi connectivity index (χ2n) is 4.56. The summed E-state index contributed by atoms with van der Waals surface area (Å²) in [6.07, 6.45) is 4.23. The topological polar surface area (TPSA) is 81.9 Å². The SMILES string of the molecule is N#Cc1cnc(Nc2cc(CN3CCCS3=O)ccn2)s1. The first-order valence-corrected chi connectivity index (χ1v) is 8.55. The molecule has 2 aromatic rings. The molecule has 0 amide bonds. The van der Waals surface area contributed by atoms with Gasteiger partial charge in [0.15, 0.2) is 5.13 Å². The van der Waals surface area contributed by atoms with Gasteiger partial charge in [-0.2, -0.15) is 5.26 Å². The summed E-state index contributed by atoms with van der Waals surface area (Å²) in [4.78, 5) is 8.91. The van der Waals surface area contributed by atoms with Crippen molar-refractivity contribution in [2.45, 2.75) is 13.0 Å². The zero-order valence-corrected chi connectivity index (χ0v) is 12.8. The number of nitriles is 1. The molecule has 1 aliphatic heterocycles. The molecule has 1 unspecified atom stereocenters. The molecule has 0 bridgehead atoms. The molecule has 1 saturated heterocycles. The standard InChI is InChI=1S/C13H13N5OS2/c14-7-11-8-16-13(20-11)17-12-6-10(2-3-15-12)9-18-4-1-5-21(18)19/h2-3,6,8H,1,4-5,9H2,(H,15,16,17). The summed E-state index contributed by atoms with van der Waals surface area (Å²) in [5.41, 5.74) is 1.06. The molecule has 108 valence electrons. The third-order valence-corrected chi connectivity index (χ3v) is 5.39. The Kier molecular flexibility index (Phi) is 4.24. The number of anilines is 2. The van der Waals surface area contributed by atoms with Crippen LogP contribution in [0.25, 0.3) is 0 Å². The van der Waals surface area contributed by atoms with Crippen LogP contribution in [0.1, 0.15) is 16.9 Å². The summed E-state index contributed by atoms with van der Waals surface area (Å²) in [5, 5.41) is 12.5. The lowest BCUT2D eigenvalue weighted by Gasteiger charge is -2.13. The van der Waals surface area contributed by atoms with Crippen molar-refractivity contribution in [2.24, 2.45) is 0 Å². The van der Waals surface area contributed by atoms with E-state index in [9.17, 15) is 4.21 Å². The molecule has 1 fully saturated rings. The summed E-state index contributed by atoms with van der Waals surface area (Å²) in [5.74, 6) is 1.43. The fourth-order valence-electron chi connectivity index (χ4n) is 2.08. The number of rotatable bonds is 4. The Balaban J connectivity index is 1.71. The summed E-state index contributed by atoms with van der Waals surface area (Å²) in [6, 6.07) is 5.89. The lowest BCUT2D eigenvalue weighted by Crippen LogP contribution is -2.20. The highest BCUT2D eigenvalue weighted by atomic mass is 32.2. The van der Waals surface area contributed by atoms with E-state index in [1.807, 2.05) is 16.4 Å². The summed E-state index contributed by atoms with van der Waals surface area (Å²) in [6.45, 7) is 1.53. The molecule has 0 aromatic carbocycles. The van der Waals surface area contributed by atoms with Crippen LogP contribution < -0.4 is 5.32 Å². The van der Waals surface area contributed by atoms with Crippen LogP contribution in [-0.4, -0.2) is 30.8 Å². The Hall–Kier alpha value is -1.82. The molecule has 2 aromatic heterocycles.